The average Bonchev–Trinajstić information content (AvgIpc) is 2.85. The van der Waals surface area contributed by atoms with Gasteiger partial charge in [0.2, 0.25) is 5.82 Å². The van der Waals surface area contributed by atoms with Crippen LogP contribution in [0.2, 0.25) is 0 Å². The molecule has 0 saturated carbocycles. The van der Waals surface area contributed by atoms with Crippen LogP contribution >= 0.6 is 0 Å². The topological polar surface area (TPSA) is 82.4 Å². The first-order valence-electron chi connectivity index (χ1n) is 8.79. The van der Waals surface area contributed by atoms with Gasteiger partial charge < -0.3 is 0 Å². The zero-order chi connectivity index (χ0) is 25.1. The molecular formula is C20H6F7NO5S. The molecule has 4 aromatic rings. The summed E-state index contributed by atoms with van der Waals surface area (Å²) in [7, 11) is -6.09. The molecule has 14 heteroatoms. The highest BCUT2D eigenvalue weighted by Gasteiger charge is 2.36. The molecule has 0 radical (unpaired) electrons. The molecule has 3 aromatic carbocycles. The summed E-state index contributed by atoms with van der Waals surface area (Å²) >= 11 is 0. The van der Waals surface area contributed by atoms with Crippen LogP contribution in [0.4, 0.5) is 30.7 Å². The van der Waals surface area contributed by atoms with Crippen molar-refractivity contribution < 1.29 is 43.4 Å². The lowest BCUT2D eigenvalue weighted by molar-refractivity contribution is 0.255. The highest BCUT2D eigenvalue weighted by molar-refractivity contribution is 7.87. The Hall–Kier alpha value is -3.94. The van der Waals surface area contributed by atoms with Gasteiger partial charge in [-0.1, -0.05) is 16.9 Å². The van der Waals surface area contributed by atoms with Crippen LogP contribution in [0.5, 0.6) is 0 Å². The maximum atomic E-state index is 14.0. The summed E-state index contributed by atoms with van der Waals surface area (Å²) in [5.41, 5.74) is -3.38. The highest BCUT2D eigenvalue weighted by Crippen LogP contribution is 2.27. The Bertz CT molecular complexity index is 1660. The van der Waals surface area contributed by atoms with Crippen LogP contribution in [0.3, 0.4) is 0 Å². The number of nitrogens with zero attached hydrogens (tertiary/aromatic N) is 1. The standard InChI is InChI=1S/C20H6F7NO5S/c21-7-1-3-9-10-4-2-8(22)6-12(10)20(30)28(19(29)11(9)5-7)33-34(31,32)18-16(26)14(24)13(23)15(25)17(18)27/h1-6H. The zero-order valence-electron chi connectivity index (χ0n) is 16.0. The van der Waals surface area contributed by atoms with Crippen molar-refractivity contribution >= 4 is 31.7 Å². The first-order chi connectivity index (χ1) is 15.8. The molecule has 0 bridgehead atoms. The van der Waals surface area contributed by atoms with Crippen molar-refractivity contribution in [1.82, 2.24) is 4.73 Å². The third-order valence-electron chi connectivity index (χ3n) is 4.68. The lowest BCUT2D eigenvalue weighted by Gasteiger charge is -2.10. The molecular weight excluding hydrogens is 499 g/mol. The summed E-state index contributed by atoms with van der Waals surface area (Å²) in [5.74, 6) is -15.7. The monoisotopic (exact) mass is 505 g/mol. The van der Waals surface area contributed by atoms with Crippen LogP contribution < -0.4 is 15.4 Å². The van der Waals surface area contributed by atoms with Crippen molar-refractivity contribution in [2.24, 2.45) is 0 Å². The molecule has 34 heavy (non-hydrogen) atoms. The van der Waals surface area contributed by atoms with E-state index in [4.69, 9.17) is 0 Å². The highest BCUT2D eigenvalue weighted by atomic mass is 32.2. The molecule has 0 aliphatic carbocycles. The van der Waals surface area contributed by atoms with E-state index in [1.165, 1.54) is 0 Å². The van der Waals surface area contributed by atoms with Gasteiger partial charge in [0.1, 0.15) is 11.6 Å². The normalized spacial score (nSPS) is 11.9. The molecule has 4 rings (SSSR count). The van der Waals surface area contributed by atoms with Crippen LogP contribution in [0.15, 0.2) is 50.9 Å². The van der Waals surface area contributed by atoms with Crippen LogP contribution in [0, 0.1) is 40.7 Å². The summed E-state index contributed by atoms with van der Waals surface area (Å²) in [6.07, 6.45) is 0. The minimum absolute atomic E-state index is 0.172. The second-order valence-corrected chi connectivity index (χ2v) is 8.18. The predicted octanol–water partition coefficient (Wildman–Crippen LogP) is 3.31. The van der Waals surface area contributed by atoms with Crippen molar-refractivity contribution in [1.29, 1.82) is 0 Å². The van der Waals surface area contributed by atoms with E-state index in [1.807, 2.05) is 0 Å². The Morgan fingerprint density at radius 1 is 0.588 bits per heavy atom. The molecule has 0 fully saturated rings. The maximum Gasteiger partial charge on any atom is 0.363 e. The molecule has 1 aromatic heterocycles. The van der Waals surface area contributed by atoms with Gasteiger partial charge in [0.15, 0.2) is 28.2 Å². The van der Waals surface area contributed by atoms with E-state index in [0.717, 1.165) is 24.3 Å². The van der Waals surface area contributed by atoms with Crippen molar-refractivity contribution in [3.8, 4) is 0 Å². The van der Waals surface area contributed by atoms with Crippen molar-refractivity contribution in [2.75, 3.05) is 0 Å². The van der Waals surface area contributed by atoms with Crippen LogP contribution in [0.1, 0.15) is 0 Å². The van der Waals surface area contributed by atoms with E-state index < -0.39 is 82.4 Å². The van der Waals surface area contributed by atoms with E-state index >= 15 is 0 Å². The number of benzene rings is 3. The van der Waals surface area contributed by atoms with Crippen LogP contribution in [-0.2, 0) is 10.1 Å². The summed E-state index contributed by atoms with van der Waals surface area (Å²) in [4.78, 5) is 23.3. The number of aromatic nitrogens is 1. The number of fused-ring (bicyclic) bond motifs is 3. The molecule has 0 spiro atoms. The smallest absolute Gasteiger partial charge is 0.277 e. The van der Waals surface area contributed by atoms with Crippen molar-refractivity contribution in [3.05, 3.63) is 97.8 Å². The van der Waals surface area contributed by atoms with Crippen LogP contribution in [-0.4, -0.2) is 13.1 Å². The first kappa shape index (κ1) is 23.2. The Morgan fingerprint density at radius 2 is 0.971 bits per heavy atom. The third kappa shape index (κ3) is 3.46. The Morgan fingerprint density at radius 3 is 1.38 bits per heavy atom. The van der Waals surface area contributed by atoms with Gasteiger partial charge in [-0.15, -0.1) is 0 Å². The predicted molar refractivity (Wildman–Crippen MR) is 102 cm³/mol. The van der Waals surface area contributed by atoms with E-state index in [0.29, 0.717) is 12.1 Å². The largest absolute Gasteiger partial charge is 0.363 e. The van der Waals surface area contributed by atoms with E-state index in [-0.39, 0.29) is 10.8 Å². The van der Waals surface area contributed by atoms with E-state index in [9.17, 15) is 48.7 Å². The van der Waals surface area contributed by atoms with Gasteiger partial charge in [0.25, 0.3) is 11.1 Å². The second kappa shape index (κ2) is 7.83. The number of halogens is 7. The summed E-state index contributed by atoms with van der Waals surface area (Å²) in [5, 5.41) is -1.72. The number of rotatable bonds is 3. The summed E-state index contributed by atoms with van der Waals surface area (Å²) in [6, 6.07) is 4.87. The Balaban J connectivity index is 2.13. The quantitative estimate of drug-likeness (QED) is 0.243. The molecule has 0 aliphatic rings. The second-order valence-electron chi connectivity index (χ2n) is 6.71. The van der Waals surface area contributed by atoms with Crippen LogP contribution in [0.25, 0.3) is 21.5 Å². The molecule has 0 aliphatic heterocycles. The zero-order valence-corrected chi connectivity index (χ0v) is 16.8. The van der Waals surface area contributed by atoms with E-state index in [1.54, 1.807) is 0 Å². The lowest BCUT2D eigenvalue weighted by atomic mass is 10.1. The Kier molecular flexibility index (Phi) is 5.35. The van der Waals surface area contributed by atoms with E-state index in [2.05, 4.69) is 4.28 Å². The number of hydrogen-bond acceptors (Lipinski definition) is 5. The maximum absolute atomic E-state index is 14.0. The van der Waals surface area contributed by atoms with Gasteiger partial charge >= 0.3 is 10.1 Å². The molecule has 6 nitrogen and oxygen atoms in total. The fourth-order valence-electron chi connectivity index (χ4n) is 3.17. The summed E-state index contributed by atoms with van der Waals surface area (Å²) < 4.78 is 124. The molecule has 0 saturated heterocycles. The van der Waals surface area contributed by atoms with Gasteiger partial charge in [0, 0.05) is 0 Å². The molecule has 176 valence electrons. The van der Waals surface area contributed by atoms with Gasteiger partial charge in [-0.25, -0.2) is 30.7 Å². The van der Waals surface area contributed by atoms with Gasteiger partial charge in [0.05, 0.1) is 10.8 Å². The lowest BCUT2D eigenvalue weighted by Crippen LogP contribution is -2.39. The van der Waals surface area contributed by atoms with Gasteiger partial charge in [-0.2, -0.15) is 8.42 Å². The Labute approximate surface area is 183 Å². The first-order valence-corrected chi connectivity index (χ1v) is 10.2. The minimum atomic E-state index is -6.09. The summed E-state index contributed by atoms with van der Waals surface area (Å²) in [6.45, 7) is 0. The molecule has 0 N–H and O–H groups in total. The number of hydrogen-bond donors (Lipinski definition) is 0. The molecule has 1 heterocycles. The van der Waals surface area contributed by atoms with Crippen molar-refractivity contribution in [3.63, 3.8) is 0 Å². The molecule has 0 amide bonds. The SMILES string of the molecule is O=c1c2cc(F)ccc2c2ccc(F)cc2c(=O)n1OS(=O)(=O)c1c(F)c(F)c(F)c(F)c1F. The van der Waals surface area contributed by atoms with Crippen molar-refractivity contribution in [2.45, 2.75) is 4.90 Å². The fourth-order valence-corrected chi connectivity index (χ4v) is 4.20. The van der Waals surface area contributed by atoms with Gasteiger partial charge in [-0.3, -0.25) is 13.9 Å². The molecule has 0 atom stereocenters. The fraction of sp³-hybridized carbons (Fsp3) is 0. The molecule has 0 unspecified atom stereocenters. The van der Waals surface area contributed by atoms with Gasteiger partial charge in [-0.05, 0) is 35.0 Å². The minimum Gasteiger partial charge on any atom is -0.277 e. The third-order valence-corrected chi connectivity index (χ3v) is 5.88. The average molecular weight is 505 g/mol.